The van der Waals surface area contributed by atoms with Crippen LogP contribution in [0, 0.1) is 12.3 Å². The highest BCUT2D eigenvalue weighted by Gasteiger charge is 2.43. The predicted octanol–water partition coefficient (Wildman–Crippen LogP) is 4.14. The normalized spacial score (nSPS) is 14.9. The number of hydrogen-bond donors (Lipinski definition) is 2. The van der Waals surface area contributed by atoms with Gasteiger partial charge >= 0.3 is 6.09 Å². The average molecular weight is 347 g/mol. The van der Waals surface area contributed by atoms with Gasteiger partial charge in [0.2, 0.25) is 0 Å². The van der Waals surface area contributed by atoms with Crippen molar-refractivity contribution in [2.75, 3.05) is 13.2 Å². The van der Waals surface area contributed by atoms with Crippen LogP contribution in [-0.2, 0) is 0 Å². The van der Waals surface area contributed by atoms with Crippen LogP contribution in [-0.4, -0.2) is 29.3 Å². The Balaban J connectivity index is 1.70. The van der Waals surface area contributed by atoms with Crippen molar-refractivity contribution in [1.29, 1.82) is 0 Å². The fourth-order valence-electron chi connectivity index (χ4n) is 2.56. The standard InChI is InChI=1S/C18H19ClN2O3/c1-12-16(13-2-4-14(19)5-3-13)8-15(9-20-12)24-11-18(6-7-18)10-21-17(22)23/h2-5,8-9,21H,6-7,10-11H2,1H3,(H,22,23). The summed E-state index contributed by atoms with van der Waals surface area (Å²) in [4.78, 5) is 15.0. The zero-order valence-electron chi connectivity index (χ0n) is 13.4. The molecule has 0 aliphatic heterocycles. The Morgan fingerprint density at radius 1 is 1.38 bits per heavy atom. The Bertz CT molecular complexity index is 742. The minimum atomic E-state index is -0.997. The molecule has 1 aromatic heterocycles. The molecule has 1 aromatic carbocycles. The first-order chi connectivity index (χ1) is 11.5. The van der Waals surface area contributed by atoms with Gasteiger partial charge in [0, 0.05) is 28.2 Å². The lowest BCUT2D eigenvalue weighted by molar-refractivity contribution is 0.184. The molecule has 0 radical (unpaired) electrons. The SMILES string of the molecule is Cc1ncc(OCC2(CNC(=O)O)CC2)cc1-c1ccc(Cl)cc1. The molecule has 1 aliphatic rings. The molecule has 1 amide bonds. The van der Waals surface area contributed by atoms with E-state index in [0.29, 0.717) is 23.9 Å². The van der Waals surface area contributed by atoms with Gasteiger partial charge in [-0.2, -0.15) is 0 Å². The lowest BCUT2D eigenvalue weighted by Crippen LogP contribution is -2.31. The minimum Gasteiger partial charge on any atom is -0.491 e. The maximum atomic E-state index is 10.6. The lowest BCUT2D eigenvalue weighted by atomic mass is 10.0. The van der Waals surface area contributed by atoms with Gasteiger partial charge in [-0.25, -0.2) is 4.79 Å². The van der Waals surface area contributed by atoms with Crippen molar-refractivity contribution in [3.05, 3.63) is 47.2 Å². The van der Waals surface area contributed by atoms with Crippen LogP contribution in [0.15, 0.2) is 36.5 Å². The van der Waals surface area contributed by atoms with Gasteiger partial charge in [-0.1, -0.05) is 23.7 Å². The van der Waals surface area contributed by atoms with Gasteiger partial charge in [0.05, 0.1) is 12.8 Å². The summed E-state index contributed by atoms with van der Waals surface area (Å²) in [7, 11) is 0. The van der Waals surface area contributed by atoms with Crippen molar-refractivity contribution in [2.45, 2.75) is 19.8 Å². The molecular weight excluding hydrogens is 328 g/mol. The number of halogens is 1. The number of pyridine rings is 1. The summed E-state index contributed by atoms with van der Waals surface area (Å²) in [5.41, 5.74) is 2.86. The fourth-order valence-corrected chi connectivity index (χ4v) is 2.69. The number of amides is 1. The van der Waals surface area contributed by atoms with Gasteiger partial charge in [0.1, 0.15) is 5.75 Å². The second kappa shape index (κ2) is 6.69. The monoisotopic (exact) mass is 346 g/mol. The molecule has 6 heteroatoms. The lowest BCUT2D eigenvalue weighted by Gasteiger charge is -2.16. The number of hydrogen-bond acceptors (Lipinski definition) is 3. The first-order valence-electron chi connectivity index (χ1n) is 7.80. The van der Waals surface area contributed by atoms with Crippen LogP contribution in [0.25, 0.3) is 11.1 Å². The van der Waals surface area contributed by atoms with Gasteiger partial charge in [-0.15, -0.1) is 0 Å². The predicted molar refractivity (Wildman–Crippen MR) is 92.6 cm³/mol. The van der Waals surface area contributed by atoms with Gasteiger partial charge in [0.25, 0.3) is 0 Å². The van der Waals surface area contributed by atoms with Crippen LogP contribution in [0.2, 0.25) is 5.02 Å². The van der Waals surface area contributed by atoms with Crippen molar-refractivity contribution in [1.82, 2.24) is 10.3 Å². The van der Waals surface area contributed by atoms with Crippen molar-refractivity contribution >= 4 is 17.7 Å². The fraction of sp³-hybridized carbons (Fsp3) is 0.333. The number of aryl methyl sites for hydroxylation is 1. The molecule has 2 aromatic rings. The molecule has 1 heterocycles. The van der Waals surface area contributed by atoms with Crippen molar-refractivity contribution in [3.63, 3.8) is 0 Å². The number of carboxylic acid groups (broad SMARTS) is 1. The summed E-state index contributed by atoms with van der Waals surface area (Å²) in [6.45, 7) is 2.86. The Hall–Kier alpha value is -2.27. The molecular formula is C18H19ClN2O3. The molecule has 24 heavy (non-hydrogen) atoms. The second-order valence-corrected chi connectivity index (χ2v) is 6.69. The summed E-state index contributed by atoms with van der Waals surface area (Å²) in [5, 5.41) is 11.9. The quantitative estimate of drug-likeness (QED) is 0.824. The Kier molecular flexibility index (Phi) is 4.62. The third kappa shape index (κ3) is 3.97. The highest BCUT2D eigenvalue weighted by Crippen LogP contribution is 2.45. The molecule has 0 saturated heterocycles. The summed E-state index contributed by atoms with van der Waals surface area (Å²) in [6.07, 6.45) is 2.64. The number of nitrogens with one attached hydrogen (secondary N) is 1. The first-order valence-corrected chi connectivity index (χ1v) is 8.17. The smallest absolute Gasteiger partial charge is 0.404 e. The van der Waals surface area contributed by atoms with Crippen molar-refractivity contribution in [3.8, 4) is 16.9 Å². The summed E-state index contributed by atoms with van der Waals surface area (Å²) >= 11 is 5.94. The van der Waals surface area contributed by atoms with Gasteiger partial charge in [-0.05, 0) is 43.5 Å². The summed E-state index contributed by atoms with van der Waals surface area (Å²) < 4.78 is 5.88. The van der Waals surface area contributed by atoms with Gasteiger partial charge < -0.3 is 15.2 Å². The molecule has 2 N–H and O–H groups in total. The molecule has 0 atom stereocenters. The number of benzene rings is 1. The van der Waals surface area contributed by atoms with E-state index < -0.39 is 6.09 Å². The van der Waals surface area contributed by atoms with E-state index in [4.69, 9.17) is 21.4 Å². The molecule has 5 nitrogen and oxygen atoms in total. The highest BCUT2D eigenvalue weighted by molar-refractivity contribution is 6.30. The van der Waals surface area contributed by atoms with E-state index in [1.807, 2.05) is 37.3 Å². The van der Waals surface area contributed by atoms with E-state index in [9.17, 15) is 4.79 Å². The third-order valence-corrected chi connectivity index (χ3v) is 4.59. The van der Waals surface area contributed by atoms with E-state index in [0.717, 1.165) is 29.7 Å². The first kappa shape index (κ1) is 16.6. The second-order valence-electron chi connectivity index (χ2n) is 6.26. The molecule has 1 fully saturated rings. The minimum absolute atomic E-state index is 0.0797. The van der Waals surface area contributed by atoms with Gasteiger partial charge in [0.15, 0.2) is 0 Å². The van der Waals surface area contributed by atoms with Crippen LogP contribution >= 0.6 is 11.6 Å². The summed E-state index contributed by atoms with van der Waals surface area (Å²) in [5.74, 6) is 0.687. The number of ether oxygens (including phenoxy) is 1. The molecule has 1 saturated carbocycles. The zero-order chi connectivity index (χ0) is 17.2. The maximum Gasteiger partial charge on any atom is 0.404 e. The van der Waals surface area contributed by atoms with Crippen LogP contribution in [0.4, 0.5) is 4.79 Å². The van der Waals surface area contributed by atoms with Crippen LogP contribution < -0.4 is 10.1 Å². The highest BCUT2D eigenvalue weighted by atomic mass is 35.5. The van der Waals surface area contributed by atoms with E-state index in [1.54, 1.807) is 6.20 Å². The molecule has 0 unspecified atom stereocenters. The number of rotatable bonds is 6. The maximum absolute atomic E-state index is 10.6. The van der Waals surface area contributed by atoms with Crippen LogP contribution in [0.3, 0.4) is 0 Å². The van der Waals surface area contributed by atoms with Gasteiger partial charge in [-0.3, -0.25) is 4.98 Å². The summed E-state index contributed by atoms with van der Waals surface area (Å²) in [6, 6.07) is 9.57. The van der Waals surface area contributed by atoms with Crippen molar-refractivity contribution < 1.29 is 14.6 Å². The molecule has 0 bridgehead atoms. The largest absolute Gasteiger partial charge is 0.491 e. The van der Waals surface area contributed by atoms with E-state index >= 15 is 0 Å². The average Bonchev–Trinajstić information content (AvgIpc) is 3.34. The van der Waals surface area contributed by atoms with E-state index in [1.165, 1.54) is 0 Å². The third-order valence-electron chi connectivity index (χ3n) is 4.33. The molecule has 126 valence electrons. The number of nitrogens with zero attached hydrogens (tertiary/aromatic N) is 1. The van der Waals surface area contributed by atoms with E-state index in [2.05, 4.69) is 10.3 Å². The van der Waals surface area contributed by atoms with Crippen LogP contribution in [0.1, 0.15) is 18.5 Å². The Morgan fingerprint density at radius 3 is 2.71 bits per heavy atom. The molecule has 1 aliphatic carbocycles. The van der Waals surface area contributed by atoms with Crippen LogP contribution in [0.5, 0.6) is 5.75 Å². The number of carbonyl (C=O) groups is 1. The molecule has 3 rings (SSSR count). The topological polar surface area (TPSA) is 71.5 Å². The Labute approximate surface area is 145 Å². The zero-order valence-corrected chi connectivity index (χ0v) is 14.1. The molecule has 0 spiro atoms. The van der Waals surface area contributed by atoms with E-state index in [-0.39, 0.29) is 5.41 Å². The van der Waals surface area contributed by atoms with Crippen molar-refractivity contribution in [2.24, 2.45) is 5.41 Å². The Morgan fingerprint density at radius 2 is 2.08 bits per heavy atom. The number of aromatic nitrogens is 1.